The second kappa shape index (κ2) is 9.50. The summed E-state index contributed by atoms with van der Waals surface area (Å²) in [6.07, 6.45) is 2.29. The topological polar surface area (TPSA) is 66.5 Å². The fourth-order valence-electron chi connectivity index (χ4n) is 3.47. The van der Waals surface area contributed by atoms with Crippen LogP contribution in [-0.4, -0.2) is 51.5 Å². The Morgan fingerprint density at radius 3 is 2.15 bits per heavy atom. The van der Waals surface area contributed by atoms with Gasteiger partial charge in [-0.15, -0.1) is 0 Å². The highest BCUT2D eigenvalue weighted by Gasteiger charge is 2.36. The van der Waals surface area contributed by atoms with Gasteiger partial charge in [-0.2, -0.15) is 0 Å². The number of methoxy groups -OCH3 is 3. The summed E-state index contributed by atoms with van der Waals surface area (Å²) in [6.45, 7) is 8.86. The molecule has 1 atom stereocenters. The lowest BCUT2D eigenvalue weighted by Crippen LogP contribution is -2.53. The minimum absolute atomic E-state index is 0.0894. The fraction of sp³-hybridized carbons (Fsp3) is 0.550. The van der Waals surface area contributed by atoms with E-state index in [0.29, 0.717) is 44.1 Å². The first-order valence-corrected chi connectivity index (χ1v) is 8.91. The second-order valence-corrected chi connectivity index (χ2v) is 6.28. The van der Waals surface area contributed by atoms with Crippen LogP contribution in [0.4, 0.5) is 0 Å². The largest absolute Gasteiger partial charge is 0.496 e. The second-order valence-electron chi connectivity index (χ2n) is 6.28. The van der Waals surface area contributed by atoms with Gasteiger partial charge in [0.05, 0.1) is 46.2 Å². The first-order chi connectivity index (χ1) is 13.0. The molecule has 0 aliphatic carbocycles. The number of ether oxygens (including phenoxy) is 5. The maximum Gasteiger partial charge on any atom is 0.231 e. The van der Waals surface area contributed by atoms with Crippen LogP contribution in [-0.2, 0) is 20.9 Å². The summed E-state index contributed by atoms with van der Waals surface area (Å²) in [6, 6.07) is 0. The van der Waals surface area contributed by atoms with Crippen LogP contribution in [0.5, 0.6) is 17.2 Å². The number of carbonyl (C=O) groups is 1. The standard InChI is InChI=1S/C20H29NO6/c1-7-27-17-11-16(22)21(17)9-8-10-26-12-15-19(24-5)13(2)18(23-4)14(3)20(15)25-6/h7,17H,1,8-12H2,2-6H3. The molecule has 27 heavy (non-hydrogen) atoms. The minimum atomic E-state index is -0.193. The molecule has 2 rings (SSSR count). The van der Waals surface area contributed by atoms with Gasteiger partial charge in [0, 0.05) is 24.3 Å². The summed E-state index contributed by atoms with van der Waals surface area (Å²) in [7, 11) is 4.87. The van der Waals surface area contributed by atoms with Gasteiger partial charge in [-0.25, -0.2) is 0 Å². The monoisotopic (exact) mass is 379 g/mol. The molecule has 0 N–H and O–H groups in total. The number of β-lactam (4-membered cyclic amide) rings is 1. The Hall–Kier alpha value is -2.41. The van der Waals surface area contributed by atoms with E-state index in [4.69, 9.17) is 23.7 Å². The molecule has 1 amide bonds. The molecule has 1 aliphatic rings. The van der Waals surface area contributed by atoms with Gasteiger partial charge in [-0.05, 0) is 20.3 Å². The predicted molar refractivity (Wildman–Crippen MR) is 101 cm³/mol. The molecule has 1 heterocycles. The van der Waals surface area contributed by atoms with Gasteiger partial charge in [0.25, 0.3) is 0 Å². The minimum Gasteiger partial charge on any atom is -0.496 e. The van der Waals surface area contributed by atoms with E-state index in [0.717, 1.165) is 22.4 Å². The number of amides is 1. The van der Waals surface area contributed by atoms with E-state index < -0.39 is 0 Å². The van der Waals surface area contributed by atoms with Crippen LogP contribution in [0.2, 0.25) is 0 Å². The van der Waals surface area contributed by atoms with E-state index in [2.05, 4.69) is 6.58 Å². The lowest BCUT2D eigenvalue weighted by Gasteiger charge is -2.39. The van der Waals surface area contributed by atoms with Gasteiger partial charge >= 0.3 is 0 Å². The van der Waals surface area contributed by atoms with E-state index >= 15 is 0 Å². The Kier molecular flexibility index (Phi) is 7.36. The van der Waals surface area contributed by atoms with E-state index in [1.807, 2.05) is 13.8 Å². The third-order valence-electron chi connectivity index (χ3n) is 4.73. The molecule has 1 aromatic rings. The molecule has 0 aromatic heterocycles. The Balaban J connectivity index is 1.97. The molecule has 0 saturated carbocycles. The number of likely N-dealkylation sites (tertiary alicyclic amines) is 1. The molecule has 150 valence electrons. The van der Waals surface area contributed by atoms with Gasteiger partial charge in [-0.1, -0.05) is 6.58 Å². The van der Waals surface area contributed by atoms with Crippen molar-refractivity contribution in [3.63, 3.8) is 0 Å². The number of hydrogen-bond acceptors (Lipinski definition) is 6. The normalized spacial score (nSPS) is 16.0. The fourth-order valence-corrected chi connectivity index (χ4v) is 3.47. The van der Waals surface area contributed by atoms with Gasteiger partial charge in [0.15, 0.2) is 6.23 Å². The lowest BCUT2D eigenvalue weighted by atomic mass is 10.0. The van der Waals surface area contributed by atoms with E-state index in [1.165, 1.54) is 6.26 Å². The third kappa shape index (κ3) is 4.30. The van der Waals surface area contributed by atoms with Crippen LogP contribution >= 0.6 is 0 Å². The molecular formula is C20H29NO6. The Bertz CT molecular complexity index is 655. The molecule has 0 radical (unpaired) electrons. The number of benzene rings is 1. The SMILES string of the molecule is C=COC1CC(=O)N1CCCOCc1c(OC)c(C)c(OC)c(C)c1OC. The summed E-state index contributed by atoms with van der Waals surface area (Å²) in [5, 5.41) is 0. The highest BCUT2D eigenvalue weighted by Crippen LogP contribution is 2.42. The van der Waals surface area contributed by atoms with Crippen LogP contribution in [0.1, 0.15) is 29.5 Å². The summed E-state index contributed by atoms with van der Waals surface area (Å²) in [5.74, 6) is 2.24. The van der Waals surface area contributed by atoms with E-state index in [9.17, 15) is 4.79 Å². The van der Waals surface area contributed by atoms with Crippen LogP contribution < -0.4 is 14.2 Å². The quantitative estimate of drug-likeness (QED) is 0.335. The summed E-state index contributed by atoms with van der Waals surface area (Å²) in [4.78, 5) is 13.3. The summed E-state index contributed by atoms with van der Waals surface area (Å²) in [5.41, 5.74) is 2.67. The van der Waals surface area contributed by atoms with Crippen molar-refractivity contribution in [2.24, 2.45) is 0 Å². The van der Waals surface area contributed by atoms with Crippen molar-refractivity contribution in [1.29, 1.82) is 0 Å². The zero-order valence-corrected chi connectivity index (χ0v) is 16.8. The zero-order chi connectivity index (χ0) is 20.0. The van der Waals surface area contributed by atoms with Crippen LogP contribution in [0.15, 0.2) is 12.8 Å². The smallest absolute Gasteiger partial charge is 0.231 e. The highest BCUT2D eigenvalue weighted by atomic mass is 16.5. The van der Waals surface area contributed by atoms with Gasteiger partial charge < -0.3 is 28.6 Å². The average Bonchev–Trinajstić information content (AvgIpc) is 2.64. The maximum absolute atomic E-state index is 11.6. The van der Waals surface area contributed by atoms with Crippen LogP contribution in [0.25, 0.3) is 0 Å². The third-order valence-corrected chi connectivity index (χ3v) is 4.73. The molecule has 1 unspecified atom stereocenters. The van der Waals surface area contributed by atoms with Crippen molar-refractivity contribution in [3.05, 3.63) is 29.5 Å². The van der Waals surface area contributed by atoms with Crippen molar-refractivity contribution in [1.82, 2.24) is 4.90 Å². The van der Waals surface area contributed by atoms with Crippen molar-refractivity contribution in [2.45, 2.75) is 39.5 Å². The van der Waals surface area contributed by atoms with Crippen LogP contribution in [0.3, 0.4) is 0 Å². The Labute approximate surface area is 160 Å². The van der Waals surface area contributed by atoms with Crippen molar-refractivity contribution < 1.29 is 28.5 Å². The first kappa shape index (κ1) is 20.9. The van der Waals surface area contributed by atoms with Crippen molar-refractivity contribution >= 4 is 5.91 Å². The molecule has 0 spiro atoms. The van der Waals surface area contributed by atoms with Gasteiger partial charge in [0.1, 0.15) is 17.2 Å². The molecule has 0 bridgehead atoms. The highest BCUT2D eigenvalue weighted by molar-refractivity contribution is 5.82. The number of carbonyl (C=O) groups excluding carboxylic acids is 1. The first-order valence-electron chi connectivity index (χ1n) is 8.91. The van der Waals surface area contributed by atoms with E-state index in [1.54, 1.807) is 26.2 Å². The zero-order valence-electron chi connectivity index (χ0n) is 16.8. The summed E-state index contributed by atoms with van der Waals surface area (Å²) >= 11 is 0. The van der Waals surface area contributed by atoms with Gasteiger partial charge in [0.2, 0.25) is 5.91 Å². The predicted octanol–water partition coefficient (Wildman–Crippen LogP) is 2.95. The van der Waals surface area contributed by atoms with Crippen molar-refractivity contribution in [3.8, 4) is 17.2 Å². The van der Waals surface area contributed by atoms with Crippen LogP contribution in [0, 0.1) is 13.8 Å². The lowest BCUT2D eigenvalue weighted by molar-refractivity contribution is -0.165. The Morgan fingerprint density at radius 2 is 1.67 bits per heavy atom. The molecule has 1 saturated heterocycles. The number of nitrogens with zero attached hydrogens (tertiary/aromatic N) is 1. The molecule has 7 heteroatoms. The van der Waals surface area contributed by atoms with E-state index in [-0.39, 0.29) is 12.1 Å². The average molecular weight is 379 g/mol. The molecule has 1 aromatic carbocycles. The molecule has 7 nitrogen and oxygen atoms in total. The molecular weight excluding hydrogens is 350 g/mol. The van der Waals surface area contributed by atoms with Crippen molar-refractivity contribution in [2.75, 3.05) is 34.5 Å². The number of hydrogen-bond donors (Lipinski definition) is 0. The molecule has 1 aliphatic heterocycles. The van der Waals surface area contributed by atoms with Gasteiger partial charge in [-0.3, -0.25) is 4.79 Å². The summed E-state index contributed by atoms with van der Waals surface area (Å²) < 4.78 is 27.8. The maximum atomic E-state index is 11.6. The molecule has 1 fully saturated rings. The Morgan fingerprint density at radius 1 is 1.07 bits per heavy atom. The number of rotatable bonds is 11.